The molecule has 0 saturated carbocycles. The van der Waals surface area contributed by atoms with Gasteiger partial charge in [0, 0.05) is 12.3 Å². The number of hydrogen-bond donors (Lipinski definition) is 3. The van der Waals surface area contributed by atoms with Gasteiger partial charge in [-0.05, 0) is 35.4 Å². The van der Waals surface area contributed by atoms with Crippen LogP contribution in [0.4, 0.5) is 14.3 Å². The van der Waals surface area contributed by atoms with Gasteiger partial charge in [-0.1, -0.05) is 41.3 Å². The minimum atomic E-state index is -3.97. The van der Waals surface area contributed by atoms with Crippen LogP contribution in [0.3, 0.4) is 0 Å². The second-order valence-electron chi connectivity index (χ2n) is 6.13. The van der Waals surface area contributed by atoms with Crippen LogP contribution in [0, 0.1) is 5.82 Å². The van der Waals surface area contributed by atoms with Gasteiger partial charge in [0.05, 0.1) is 7.11 Å². The Morgan fingerprint density at radius 1 is 1.19 bits per heavy atom. The highest BCUT2D eigenvalue weighted by atomic mass is 32.2. The molecule has 0 aliphatic carbocycles. The average molecular weight is 484 g/mol. The van der Waals surface area contributed by atoms with Gasteiger partial charge in [0.25, 0.3) is 0 Å². The summed E-state index contributed by atoms with van der Waals surface area (Å²) in [4.78, 5) is 12.0. The first-order valence-corrected chi connectivity index (χ1v) is 12.0. The van der Waals surface area contributed by atoms with Gasteiger partial charge < -0.3 is 10.1 Å². The Morgan fingerprint density at radius 2 is 1.90 bits per heavy atom. The molecule has 0 unspecified atom stereocenters. The molecule has 9 nitrogen and oxygen atoms in total. The third-order valence-corrected chi connectivity index (χ3v) is 6.87. The Labute approximate surface area is 186 Å². The highest BCUT2D eigenvalue weighted by Gasteiger charge is 2.16. The molecule has 2 amide bonds. The standard InChI is InChI=1S/C18H18FN5O4S3/c1-28-14-7-4-12(8-15(14)31(20,26)27)9-21-16(25)22-17-23-24-18(30-17)29-10-11-2-5-13(19)6-3-11/h2-8H,9-10H2,1H3,(H2,20,26,27)(H2,21,22,23,25). The van der Waals surface area contributed by atoms with Crippen molar-refractivity contribution in [2.24, 2.45) is 5.14 Å². The maximum atomic E-state index is 12.9. The molecule has 0 atom stereocenters. The van der Waals surface area contributed by atoms with Crippen molar-refractivity contribution in [3.05, 3.63) is 59.4 Å². The summed E-state index contributed by atoms with van der Waals surface area (Å²) in [5, 5.41) is 18.6. The Morgan fingerprint density at radius 3 is 2.58 bits per heavy atom. The zero-order valence-corrected chi connectivity index (χ0v) is 18.6. The van der Waals surface area contributed by atoms with Crippen LogP contribution in [0.5, 0.6) is 5.75 Å². The van der Waals surface area contributed by atoms with Gasteiger partial charge in [-0.3, -0.25) is 5.32 Å². The van der Waals surface area contributed by atoms with Gasteiger partial charge in [-0.15, -0.1) is 10.2 Å². The SMILES string of the molecule is COc1ccc(CNC(=O)Nc2nnc(SCc3ccc(F)cc3)s2)cc1S(N)(=O)=O. The van der Waals surface area contributed by atoms with Crippen molar-refractivity contribution in [1.29, 1.82) is 0 Å². The number of halogens is 1. The van der Waals surface area contributed by atoms with E-state index in [-0.39, 0.29) is 23.0 Å². The van der Waals surface area contributed by atoms with Gasteiger partial charge in [-0.2, -0.15) is 0 Å². The number of primary sulfonamides is 1. The lowest BCUT2D eigenvalue weighted by Gasteiger charge is -2.10. The summed E-state index contributed by atoms with van der Waals surface area (Å²) in [6, 6.07) is 10.0. The molecule has 3 rings (SSSR count). The molecule has 0 aliphatic rings. The summed E-state index contributed by atoms with van der Waals surface area (Å²) in [6.07, 6.45) is 0. The molecule has 4 N–H and O–H groups in total. The smallest absolute Gasteiger partial charge is 0.321 e. The number of nitrogens with two attached hydrogens (primary N) is 1. The van der Waals surface area contributed by atoms with E-state index in [9.17, 15) is 17.6 Å². The Kier molecular flexibility index (Phi) is 7.43. The second kappa shape index (κ2) is 10.0. The number of amides is 2. The van der Waals surface area contributed by atoms with Crippen molar-refractivity contribution in [3.63, 3.8) is 0 Å². The number of methoxy groups -OCH3 is 1. The maximum Gasteiger partial charge on any atom is 0.321 e. The van der Waals surface area contributed by atoms with Crippen molar-refractivity contribution < 1.29 is 22.3 Å². The number of sulfonamides is 1. The summed E-state index contributed by atoms with van der Waals surface area (Å²) < 4.78 is 41.9. The predicted octanol–water partition coefficient (Wildman–Crippen LogP) is 2.95. The normalized spacial score (nSPS) is 11.2. The quantitative estimate of drug-likeness (QED) is 0.331. The van der Waals surface area contributed by atoms with Crippen molar-refractivity contribution in [3.8, 4) is 5.75 Å². The number of carbonyl (C=O) groups excluding carboxylic acids is 1. The molecule has 13 heteroatoms. The number of benzene rings is 2. The highest BCUT2D eigenvalue weighted by Crippen LogP contribution is 2.28. The molecule has 3 aromatic rings. The van der Waals surface area contributed by atoms with Crippen LogP contribution in [-0.2, 0) is 22.3 Å². The summed E-state index contributed by atoms with van der Waals surface area (Å²) in [5.41, 5.74) is 1.46. The lowest BCUT2D eigenvalue weighted by Crippen LogP contribution is -2.28. The van der Waals surface area contributed by atoms with E-state index in [4.69, 9.17) is 9.88 Å². The van der Waals surface area contributed by atoms with E-state index in [0.29, 0.717) is 20.8 Å². The van der Waals surface area contributed by atoms with Gasteiger partial charge in [0.1, 0.15) is 16.5 Å². The summed E-state index contributed by atoms with van der Waals surface area (Å²) in [6.45, 7) is 0.0589. The van der Waals surface area contributed by atoms with Gasteiger partial charge in [0.2, 0.25) is 15.2 Å². The van der Waals surface area contributed by atoms with Gasteiger partial charge in [-0.25, -0.2) is 22.7 Å². The fourth-order valence-corrected chi connectivity index (χ4v) is 4.87. The fourth-order valence-electron chi connectivity index (χ4n) is 2.42. The number of nitrogens with one attached hydrogen (secondary N) is 2. The van der Waals surface area contributed by atoms with Crippen LogP contribution in [0.25, 0.3) is 0 Å². The largest absolute Gasteiger partial charge is 0.495 e. The minimum absolute atomic E-state index is 0.0589. The molecule has 0 spiro atoms. The number of aromatic nitrogens is 2. The molecule has 0 radical (unpaired) electrons. The van der Waals surface area contributed by atoms with Crippen LogP contribution < -0.4 is 20.5 Å². The van der Waals surface area contributed by atoms with Crippen molar-refractivity contribution in [2.75, 3.05) is 12.4 Å². The molecule has 0 fully saturated rings. The van der Waals surface area contributed by atoms with E-state index in [2.05, 4.69) is 20.8 Å². The van der Waals surface area contributed by atoms with E-state index in [0.717, 1.165) is 5.56 Å². The number of ether oxygens (including phenoxy) is 1. The Hall–Kier alpha value is -2.74. The number of anilines is 1. The zero-order valence-electron chi connectivity index (χ0n) is 16.2. The number of carbonyl (C=O) groups is 1. The molecule has 0 aliphatic heterocycles. The van der Waals surface area contributed by atoms with Gasteiger partial charge >= 0.3 is 6.03 Å². The van der Waals surface area contributed by atoms with Crippen molar-refractivity contribution in [1.82, 2.24) is 15.5 Å². The van der Waals surface area contributed by atoms with Crippen molar-refractivity contribution in [2.45, 2.75) is 21.5 Å². The summed E-state index contributed by atoms with van der Waals surface area (Å²) in [7, 11) is -2.63. The molecule has 0 saturated heterocycles. The summed E-state index contributed by atoms with van der Waals surface area (Å²) >= 11 is 2.61. The number of urea groups is 1. The number of hydrogen-bond acceptors (Lipinski definition) is 8. The Balaban J connectivity index is 1.53. The van der Waals surface area contributed by atoms with Crippen LogP contribution in [0.2, 0.25) is 0 Å². The highest BCUT2D eigenvalue weighted by molar-refractivity contribution is 8.00. The molecule has 1 heterocycles. The first-order valence-electron chi connectivity index (χ1n) is 8.70. The van der Waals surface area contributed by atoms with Gasteiger partial charge in [0.15, 0.2) is 4.34 Å². The molecular formula is C18H18FN5O4S3. The van der Waals surface area contributed by atoms with Crippen LogP contribution >= 0.6 is 23.1 Å². The number of nitrogens with zero attached hydrogens (tertiary/aromatic N) is 2. The van der Waals surface area contributed by atoms with Crippen LogP contribution in [0.15, 0.2) is 51.7 Å². The topological polar surface area (TPSA) is 136 Å². The lowest BCUT2D eigenvalue weighted by molar-refractivity contribution is 0.251. The first kappa shape index (κ1) is 22.9. The lowest BCUT2D eigenvalue weighted by atomic mass is 10.2. The first-order chi connectivity index (χ1) is 14.7. The van der Waals surface area contributed by atoms with E-state index >= 15 is 0 Å². The monoisotopic (exact) mass is 483 g/mol. The molecule has 1 aromatic heterocycles. The molecule has 31 heavy (non-hydrogen) atoms. The average Bonchev–Trinajstić information content (AvgIpc) is 3.18. The van der Waals surface area contributed by atoms with Crippen molar-refractivity contribution >= 4 is 44.3 Å². The summed E-state index contributed by atoms with van der Waals surface area (Å²) in [5.74, 6) is 0.415. The van der Waals surface area contributed by atoms with E-state index < -0.39 is 16.1 Å². The molecular weight excluding hydrogens is 465 g/mol. The fraction of sp³-hybridized carbons (Fsp3) is 0.167. The van der Waals surface area contributed by atoms with E-state index in [1.807, 2.05) is 0 Å². The molecule has 2 aromatic carbocycles. The number of rotatable bonds is 8. The zero-order chi connectivity index (χ0) is 22.4. The third kappa shape index (κ3) is 6.62. The molecule has 164 valence electrons. The van der Waals surface area contributed by atoms with E-state index in [1.54, 1.807) is 18.2 Å². The maximum absolute atomic E-state index is 12.9. The minimum Gasteiger partial charge on any atom is -0.495 e. The van der Waals surface area contributed by atoms with E-state index in [1.165, 1.54) is 54.5 Å². The predicted molar refractivity (Wildman–Crippen MR) is 116 cm³/mol. The Bertz CT molecular complexity index is 1170. The third-order valence-electron chi connectivity index (χ3n) is 3.89. The van der Waals surface area contributed by atoms with Crippen LogP contribution in [-0.4, -0.2) is 31.8 Å². The molecule has 0 bridgehead atoms. The number of thioether (sulfide) groups is 1. The second-order valence-corrected chi connectivity index (χ2v) is 9.86. The van der Waals surface area contributed by atoms with Crippen LogP contribution in [0.1, 0.15) is 11.1 Å².